The van der Waals surface area contributed by atoms with Crippen LogP contribution >= 0.6 is 31.9 Å². The van der Waals surface area contributed by atoms with E-state index in [4.69, 9.17) is 0 Å². The van der Waals surface area contributed by atoms with Crippen molar-refractivity contribution < 1.29 is 0 Å². The molecule has 0 aromatic carbocycles. The van der Waals surface area contributed by atoms with Crippen LogP contribution < -0.4 is 0 Å². The van der Waals surface area contributed by atoms with E-state index >= 15 is 0 Å². The summed E-state index contributed by atoms with van der Waals surface area (Å²) in [7, 11) is 0. The first-order chi connectivity index (χ1) is 4.41. The predicted molar refractivity (Wildman–Crippen MR) is 50.2 cm³/mol. The Morgan fingerprint density at radius 3 is 2.22 bits per heavy atom. The second kappa shape index (κ2) is 8.44. The Bertz CT molecular complexity index is 95.1. The highest BCUT2D eigenvalue weighted by Crippen LogP contribution is 1.95. The maximum Gasteiger partial charge on any atom is 0.0212 e. The molecule has 0 heterocycles. The zero-order valence-electron chi connectivity index (χ0n) is 5.19. The number of hydrogen-bond acceptors (Lipinski definition) is 0. The Morgan fingerprint density at radius 1 is 1.00 bits per heavy atom. The van der Waals surface area contributed by atoms with Crippen molar-refractivity contribution in [2.75, 3.05) is 5.33 Å². The molecule has 0 bridgehead atoms. The van der Waals surface area contributed by atoms with Gasteiger partial charge in [0, 0.05) is 5.33 Å². The third kappa shape index (κ3) is 8.44. The van der Waals surface area contributed by atoms with Crippen molar-refractivity contribution >= 4 is 31.9 Å². The van der Waals surface area contributed by atoms with Crippen molar-refractivity contribution in [3.63, 3.8) is 0 Å². The van der Waals surface area contributed by atoms with Crippen molar-refractivity contribution in [1.29, 1.82) is 0 Å². The predicted octanol–water partition coefficient (Wildman–Crippen LogP) is 3.63. The number of unbranched alkanes of at least 4 members (excludes halogenated alkanes) is 1. The smallest absolute Gasteiger partial charge is 0.0212 e. The minimum absolute atomic E-state index is 0.963. The summed E-state index contributed by atoms with van der Waals surface area (Å²) in [6, 6.07) is 0. The molecule has 0 aliphatic rings. The van der Waals surface area contributed by atoms with Crippen molar-refractivity contribution in [1.82, 2.24) is 0 Å². The minimum atomic E-state index is 0.963. The van der Waals surface area contributed by atoms with Crippen molar-refractivity contribution in [3.05, 3.63) is 23.2 Å². The van der Waals surface area contributed by atoms with Gasteiger partial charge in [0.05, 0.1) is 0 Å². The molecule has 0 radical (unpaired) electrons. The lowest BCUT2D eigenvalue weighted by molar-refractivity contribution is 1.05. The number of halogens is 2. The molecule has 0 aromatic heterocycles. The Labute approximate surface area is 73.3 Å². The molecule has 0 amide bonds. The number of alkyl halides is 1. The second-order valence-corrected chi connectivity index (χ2v) is 2.74. The topological polar surface area (TPSA) is 0 Å². The molecular weight excluding hydrogens is 244 g/mol. The molecule has 2 heteroatoms. The van der Waals surface area contributed by atoms with Gasteiger partial charge in [0.15, 0.2) is 0 Å². The van der Waals surface area contributed by atoms with Gasteiger partial charge in [0.1, 0.15) is 0 Å². The summed E-state index contributed by atoms with van der Waals surface area (Å²) in [6.07, 6.45) is 8.63. The Hall–Kier alpha value is 0.440. The molecule has 52 valence electrons. The van der Waals surface area contributed by atoms with Gasteiger partial charge in [-0.25, -0.2) is 0 Å². The summed E-state index contributed by atoms with van der Waals surface area (Å²) in [5.74, 6) is 0. The van der Waals surface area contributed by atoms with E-state index in [9.17, 15) is 0 Å². The van der Waals surface area contributed by atoms with Crippen molar-refractivity contribution in [2.24, 2.45) is 0 Å². The van der Waals surface area contributed by atoms with Crippen molar-refractivity contribution in [3.8, 4) is 0 Å². The first kappa shape index (κ1) is 9.44. The van der Waals surface area contributed by atoms with Gasteiger partial charge in [-0.2, -0.15) is 0 Å². The molecular formula is C7H10Br2. The Morgan fingerprint density at radius 2 is 1.67 bits per heavy atom. The van der Waals surface area contributed by atoms with Crippen LogP contribution in [0.1, 0.15) is 12.8 Å². The van der Waals surface area contributed by atoms with E-state index in [0.717, 1.165) is 18.2 Å². The van der Waals surface area contributed by atoms with Crippen LogP contribution in [-0.2, 0) is 0 Å². The second-order valence-electron chi connectivity index (χ2n) is 1.56. The van der Waals surface area contributed by atoms with Crippen LogP contribution in [0.3, 0.4) is 0 Å². The summed E-state index contributed by atoms with van der Waals surface area (Å²) in [5.41, 5.74) is 0. The van der Waals surface area contributed by atoms with Crippen LogP contribution in [0, 0.1) is 0 Å². The van der Waals surface area contributed by atoms with Crippen LogP contribution in [0.2, 0.25) is 0 Å². The maximum atomic E-state index is 3.30. The first-order valence-corrected chi connectivity index (χ1v) is 4.91. The maximum absolute atomic E-state index is 3.30. The summed E-state index contributed by atoms with van der Waals surface area (Å²) < 4.78 is 0. The molecule has 0 N–H and O–H groups in total. The van der Waals surface area contributed by atoms with Gasteiger partial charge in [-0.1, -0.05) is 50.1 Å². The van der Waals surface area contributed by atoms with Gasteiger partial charge < -0.3 is 0 Å². The number of hydrogen-bond donors (Lipinski definition) is 0. The zero-order valence-corrected chi connectivity index (χ0v) is 8.36. The van der Waals surface area contributed by atoms with Crippen LogP contribution in [-0.4, -0.2) is 5.33 Å². The molecule has 0 nitrogen and oxygen atoms in total. The Balaban J connectivity index is 2.99. The van der Waals surface area contributed by atoms with Crippen molar-refractivity contribution in [2.45, 2.75) is 12.8 Å². The van der Waals surface area contributed by atoms with E-state index in [1.165, 1.54) is 0 Å². The van der Waals surface area contributed by atoms with Gasteiger partial charge in [-0.15, -0.1) is 0 Å². The van der Waals surface area contributed by atoms with E-state index in [2.05, 4.69) is 50.1 Å². The van der Waals surface area contributed by atoms with E-state index in [1.807, 2.05) is 4.99 Å². The van der Waals surface area contributed by atoms with Crippen LogP contribution in [0.5, 0.6) is 0 Å². The quantitative estimate of drug-likeness (QED) is 0.408. The molecule has 0 saturated heterocycles. The van der Waals surface area contributed by atoms with E-state index in [1.54, 1.807) is 0 Å². The summed E-state index contributed by atoms with van der Waals surface area (Å²) >= 11 is 6.51. The lowest BCUT2D eigenvalue weighted by Crippen LogP contribution is -1.63. The zero-order chi connectivity index (χ0) is 6.95. The highest BCUT2D eigenvalue weighted by Gasteiger charge is 1.73. The lowest BCUT2D eigenvalue weighted by Gasteiger charge is -1.82. The standard InChI is InChI=1S/C7H10Br2/c8-6-4-2-1-3-5-7-9/h2,4-5,7H,1,3,6H2. The molecule has 0 aliphatic carbocycles. The fourth-order valence-corrected chi connectivity index (χ4v) is 0.965. The third-order valence-electron chi connectivity index (χ3n) is 0.845. The Kier molecular flexibility index (Phi) is 8.85. The number of allylic oxidation sites excluding steroid dienone is 3. The first-order valence-electron chi connectivity index (χ1n) is 2.88. The fourth-order valence-electron chi connectivity index (χ4n) is 0.436. The van der Waals surface area contributed by atoms with Gasteiger partial charge >= 0.3 is 0 Å². The molecule has 0 saturated carbocycles. The summed E-state index contributed by atoms with van der Waals surface area (Å²) in [6.45, 7) is 0. The highest BCUT2D eigenvalue weighted by molar-refractivity contribution is 9.11. The lowest BCUT2D eigenvalue weighted by atomic mass is 10.3. The molecule has 0 spiro atoms. The molecule has 0 aromatic rings. The van der Waals surface area contributed by atoms with E-state index < -0.39 is 0 Å². The highest BCUT2D eigenvalue weighted by atomic mass is 79.9. The normalized spacial score (nSPS) is 11.8. The van der Waals surface area contributed by atoms with Gasteiger partial charge in [-0.3, -0.25) is 0 Å². The molecule has 0 atom stereocenters. The fraction of sp³-hybridized carbons (Fsp3) is 0.429. The van der Waals surface area contributed by atoms with Gasteiger partial charge in [0.2, 0.25) is 0 Å². The molecule has 0 fully saturated rings. The average Bonchev–Trinajstić information content (AvgIpc) is 1.89. The van der Waals surface area contributed by atoms with Crippen LogP contribution in [0.4, 0.5) is 0 Å². The molecule has 0 unspecified atom stereocenters. The summed E-state index contributed by atoms with van der Waals surface area (Å²) in [4.78, 5) is 1.90. The van der Waals surface area contributed by atoms with Gasteiger partial charge in [-0.05, 0) is 17.8 Å². The third-order valence-corrected chi connectivity index (χ3v) is 1.59. The minimum Gasteiger partial charge on any atom is -0.0883 e. The average molecular weight is 254 g/mol. The molecule has 0 aliphatic heterocycles. The van der Waals surface area contributed by atoms with Gasteiger partial charge in [0.25, 0.3) is 0 Å². The van der Waals surface area contributed by atoms with Crippen LogP contribution in [0.15, 0.2) is 23.2 Å². The van der Waals surface area contributed by atoms with Crippen LogP contribution in [0.25, 0.3) is 0 Å². The summed E-state index contributed by atoms with van der Waals surface area (Å²) in [5, 5.41) is 0.963. The monoisotopic (exact) mass is 252 g/mol. The largest absolute Gasteiger partial charge is 0.0883 e. The number of rotatable bonds is 4. The van der Waals surface area contributed by atoms with E-state index in [-0.39, 0.29) is 0 Å². The SMILES string of the molecule is BrC=CCCC=CCBr. The van der Waals surface area contributed by atoms with E-state index in [0.29, 0.717) is 0 Å². The molecule has 0 rings (SSSR count). The molecule has 9 heavy (non-hydrogen) atoms.